The summed E-state index contributed by atoms with van der Waals surface area (Å²) in [5.74, 6) is 0. The van der Waals surface area contributed by atoms with Gasteiger partial charge < -0.3 is 4.74 Å². The first kappa shape index (κ1) is 9.54. The molecule has 0 amide bonds. The molecule has 0 saturated carbocycles. The van der Waals surface area contributed by atoms with Gasteiger partial charge in [-0.25, -0.2) is 0 Å². The molecule has 96 valence electrons. The van der Waals surface area contributed by atoms with E-state index in [1.54, 1.807) is 0 Å². The minimum atomic E-state index is 0.316. The summed E-state index contributed by atoms with van der Waals surface area (Å²) in [5.41, 5.74) is 5.53. The van der Waals surface area contributed by atoms with Gasteiger partial charge in [-0.05, 0) is 66.7 Å². The summed E-state index contributed by atoms with van der Waals surface area (Å²) in [7, 11) is 0. The SMILES string of the molecule is C1=Cc2cc3ccc4c5c(cc6ccc1c2c6c35)[C@@H]1O[C@H]41. The number of rotatable bonds is 0. The van der Waals surface area contributed by atoms with Crippen LogP contribution >= 0.6 is 0 Å². The second-order valence-electron chi connectivity index (χ2n) is 6.50. The number of hydrogen-bond acceptors (Lipinski definition) is 1. The van der Waals surface area contributed by atoms with Gasteiger partial charge in [-0.2, -0.15) is 0 Å². The standard InChI is InChI=1S/C20H10O/c1-3-10-7-11-5-6-13-18-14(20-19(13)21-20)8-12-4-2-9(1)15(10)16(12)17(11)18/h1-8,19-20H/t19-,20+/m1/s1. The first-order valence-corrected chi connectivity index (χ1v) is 7.52. The average molecular weight is 266 g/mol. The lowest BCUT2D eigenvalue weighted by atomic mass is 9.89. The maximum absolute atomic E-state index is 5.84. The molecule has 4 aromatic carbocycles. The molecule has 21 heavy (non-hydrogen) atoms. The molecule has 0 spiro atoms. The highest BCUT2D eigenvalue weighted by atomic mass is 16.6. The Hall–Kier alpha value is -2.38. The average Bonchev–Trinajstić information content (AvgIpc) is 3.10. The van der Waals surface area contributed by atoms with E-state index in [4.69, 9.17) is 4.74 Å². The lowest BCUT2D eigenvalue weighted by molar-refractivity contribution is 0.374. The van der Waals surface area contributed by atoms with Gasteiger partial charge in [0.15, 0.2) is 0 Å². The van der Waals surface area contributed by atoms with Gasteiger partial charge in [0.25, 0.3) is 0 Å². The molecule has 1 aliphatic heterocycles. The van der Waals surface area contributed by atoms with Crippen molar-refractivity contribution in [3.63, 3.8) is 0 Å². The van der Waals surface area contributed by atoms with Crippen molar-refractivity contribution < 1.29 is 4.74 Å². The van der Waals surface area contributed by atoms with Crippen molar-refractivity contribution in [1.29, 1.82) is 0 Å². The molecule has 1 fully saturated rings. The van der Waals surface area contributed by atoms with Gasteiger partial charge >= 0.3 is 0 Å². The summed E-state index contributed by atoms with van der Waals surface area (Å²) in [6.07, 6.45) is 5.13. The van der Waals surface area contributed by atoms with Crippen LogP contribution in [0.1, 0.15) is 34.5 Å². The van der Waals surface area contributed by atoms with Crippen LogP contribution in [0.25, 0.3) is 44.5 Å². The molecule has 0 N–H and O–H groups in total. The van der Waals surface area contributed by atoms with Crippen LogP contribution in [0.5, 0.6) is 0 Å². The summed E-state index contributed by atoms with van der Waals surface area (Å²) < 4.78 is 5.84. The first-order valence-electron chi connectivity index (χ1n) is 7.52. The number of fused-ring (bicyclic) bond motifs is 3. The monoisotopic (exact) mass is 266 g/mol. The third kappa shape index (κ3) is 0.862. The number of hydrogen-bond donors (Lipinski definition) is 0. The molecule has 2 aliphatic carbocycles. The Morgan fingerprint density at radius 2 is 1.38 bits per heavy atom. The first-order chi connectivity index (χ1) is 10.4. The normalized spacial score (nSPS) is 23.8. The topological polar surface area (TPSA) is 12.5 Å². The van der Waals surface area contributed by atoms with E-state index in [1.165, 1.54) is 54.6 Å². The van der Waals surface area contributed by atoms with E-state index in [-0.39, 0.29) is 0 Å². The fraction of sp³-hybridized carbons (Fsp3) is 0.100. The second-order valence-corrected chi connectivity index (χ2v) is 6.50. The maximum Gasteiger partial charge on any atom is 0.114 e. The Kier molecular flexibility index (Phi) is 1.22. The predicted octanol–water partition coefficient (Wildman–Crippen LogP) is 5.19. The van der Waals surface area contributed by atoms with Crippen LogP contribution in [-0.2, 0) is 4.74 Å². The fourth-order valence-corrected chi connectivity index (χ4v) is 4.65. The van der Waals surface area contributed by atoms with E-state index in [0.29, 0.717) is 12.2 Å². The maximum atomic E-state index is 5.84. The molecule has 4 aromatic rings. The summed E-state index contributed by atoms with van der Waals surface area (Å²) in [4.78, 5) is 0. The van der Waals surface area contributed by atoms with Crippen molar-refractivity contribution in [2.75, 3.05) is 0 Å². The van der Waals surface area contributed by atoms with Gasteiger partial charge in [0.1, 0.15) is 12.2 Å². The minimum Gasteiger partial charge on any atom is -0.359 e. The van der Waals surface area contributed by atoms with E-state index < -0.39 is 0 Å². The molecule has 7 rings (SSSR count). The Balaban J connectivity index is 1.93. The quantitative estimate of drug-likeness (QED) is 0.277. The molecule has 0 unspecified atom stereocenters. The zero-order chi connectivity index (χ0) is 13.3. The molecule has 1 heteroatoms. The third-order valence-electron chi connectivity index (χ3n) is 5.54. The fourth-order valence-electron chi connectivity index (χ4n) is 4.65. The van der Waals surface area contributed by atoms with Crippen LogP contribution < -0.4 is 0 Å². The van der Waals surface area contributed by atoms with Gasteiger partial charge in [-0.15, -0.1) is 0 Å². The van der Waals surface area contributed by atoms with Crippen molar-refractivity contribution >= 4 is 44.5 Å². The Bertz CT molecular complexity index is 1170. The van der Waals surface area contributed by atoms with Crippen molar-refractivity contribution in [3.8, 4) is 0 Å². The molecule has 3 aliphatic rings. The highest BCUT2D eigenvalue weighted by molar-refractivity contribution is 6.29. The van der Waals surface area contributed by atoms with Crippen molar-refractivity contribution in [2.24, 2.45) is 0 Å². The number of ether oxygens (including phenoxy) is 1. The molecule has 1 saturated heterocycles. The lowest BCUT2D eigenvalue weighted by Gasteiger charge is -2.15. The molecule has 2 atom stereocenters. The van der Waals surface area contributed by atoms with Crippen LogP contribution in [0.15, 0.2) is 36.4 Å². The van der Waals surface area contributed by atoms with Crippen molar-refractivity contribution in [3.05, 3.63) is 58.7 Å². The molecule has 0 radical (unpaired) electrons. The summed E-state index contributed by atoms with van der Waals surface area (Å²) >= 11 is 0. The van der Waals surface area contributed by atoms with E-state index in [1.807, 2.05) is 0 Å². The van der Waals surface area contributed by atoms with Gasteiger partial charge in [0.2, 0.25) is 0 Å². The minimum absolute atomic E-state index is 0.316. The van der Waals surface area contributed by atoms with E-state index in [0.717, 1.165) is 0 Å². The van der Waals surface area contributed by atoms with Crippen molar-refractivity contribution in [2.45, 2.75) is 12.2 Å². The zero-order valence-electron chi connectivity index (χ0n) is 11.2. The van der Waals surface area contributed by atoms with E-state index >= 15 is 0 Å². The zero-order valence-corrected chi connectivity index (χ0v) is 11.2. The highest BCUT2D eigenvalue weighted by Gasteiger charge is 2.49. The number of benzene rings is 4. The smallest absolute Gasteiger partial charge is 0.114 e. The number of epoxide rings is 1. The molecule has 0 bridgehead atoms. The lowest BCUT2D eigenvalue weighted by Crippen LogP contribution is -1.91. The van der Waals surface area contributed by atoms with Gasteiger partial charge in [-0.1, -0.05) is 36.4 Å². The van der Waals surface area contributed by atoms with Gasteiger partial charge in [0.05, 0.1) is 0 Å². The Labute approximate surface area is 120 Å². The summed E-state index contributed by atoms with van der Waals surface area (Å²) in [6, 6.07) is 13.8. The molecular weight excluding hydrogens is 256 g/mol. The molecule has 1 nitrogen and oxygen atoms in total. The third-order valence-corrected chi connectivity index (χ3v) is 5.54. The summed E-state index contributed by atoms with van der Waals surface area (Å²) in [5, 5.41) is 8.54. The summed E-state index contributed by atoms with van der Waals surface area (Å²) in [6.45, 7) is 0. The van der Waals surface area contributed by atoms with Gasteiger partial charge in [-0.3, -0.25) is 0 Å². The Morgan fingerprint density at radius 3 is 2.38 bits per heavy atom. The Morgan fingerprint density at radius 1 is 0.619 bits per heavy atom. The largest absolute Gasteiger partial charge is 0.359 e. The highest BCUT2D eigenvalue weighted by Crippen LogP contribution is 2.62. The molecule has 0 aromatic heterocycles. The van der Waals surface area contributed by atoms with Crippen LogP contribution in [0.3, 0.4) is 0 Å². The van der Waals surface area contributed by atoms with Crippen LogP contribution in [0.4, 0.5) is 0 Å². The predicted molar refractivity (Wildman–Crippen MR) is 85.6 cm³/mol. The van der Waals surface area contributed by atoms with Crippen LogP contribution in [0.2, 0.25) is 0 Å². The molecule has 1 heterocycles. The van der Waals surface area contributed by atoms with Gasteiger partial charge in [0, 0.05) is 0 Å². The van der Waals surface area contributed by atoms with Crippen LogP contribution in [0, 0.1) is 0 Å². The van der Waals surface area contributed by atoms with E-state index in [9.17, 15) is 0 Å². The second kappa shape index (κ2) is 2.68. The van der Waals surface area contributed by atoms with Crippen LogP contribution in [-0.4, -0.2) is 0 Å². The van der Waals surface area contributed by atoms with E-state index in [2.05, 4.69) is 48.6 Å². The van der Waals surface area contributed by atoms with Crippen molar-refractivity contribution in [1.82, 2.24) is 0 Å². The molecular formula is C20H10O.